The van der Waals surface area contributed by atoms with E-state index in [4.69, 9.17) is 12.2 Å². The number of sulfonamides is 1. The molecule has 2 aromatic carbocycles. The van der Waals surface area contributed by atoms with Crippen molar-refractivity contribution in [1.29, 1.82) is 0 Å². The van der Waals surface area contributed by atoms with E-state index in [1.54, 1.807) is 19.2 Å². The highest BCUT2D eigenvalue weighted by Crippen LogP contribution is 2.19. The average molecular weight is 434 g/mol. The molecule has 2 rings (SSSR count). The van der Waals surface area contributed by atoms with Crippen LogP contribution >= 0.6 is 12.2 Å². The van der Waals surface area contributed by atoms with Crippen LogP contribution in [0.15, 0.2) is 59.5 Å². The van der Waals surface area contributed by atoms with Gasteiger partial charge in [-0.2, -0.15) is 4.31 Å². The van der Waals surface area contributed by atoms with Crippen molar-refractivity contribution >= 4 is 38.9 Å². The Morgan fingerprint density at radius 2 is 1.69 bits per heavy atom. The first kappa shape index (κ1) is 23.0. The summed E-state index contributed by atoms with van der Waals surface area (Å²) in [6.07, 6.45) is 3.31. The third-order valence-electron chi connectivity index (χ3n) is 4.33. The summed E-state index contributed by atoms with van der Waals surface area (Å²) in [4.78, 5) is 12.0. The van der Waals surface area contributed by atoms with Crippen LogP contribution in [-0.2, 0) is 21.4 Å². The summed E-state index contributed by atoms with van der Waals surface area (Å²) < 4.78 is 26.8. The molecular weight excluding hydrogens is 406 g/mol. The maximum absolute atomic E-state index is 12.8. The largest absolute Gasteiger partial charge is 0.332 e. The minimum Gasteiger partial charge on any atom is -0.332 e. The van der Waals surface area contributed by atoms with Gasteiger partial charge in [0.1, 0.15) is 0 Å². The molecule has 0 heterocycles. The first-order valence-electron chi connectivity index (χ1n) is 9.54. The minimum absolute atomic E-state index is 0.127. The molecule has 0 bridgehead atoms. The lowest BCUT2D eigenvalue weighted by atomic mass is 10.2. The molecule has 0 aliphatic rings. The number of thiocarbonyl (C=S) groups is 1. The molecule has 2 aromatic rings. The monoisotopic (exact) mass is 433 g/mol. The van der Waals surface area contributed by atoms with Crippen molar-refractivity contribution in [2.45, 2.75) is 44.0 Å². The minimum atomic E-state index is -3.61. The molecule has 0 fully saturated rings. The molecular formula is C21H27N3O3S2. The van der Waals surface area contributed by atoms with Crippen LogP contribution in [-0.4, -0.2) is 30.8 Å². The maximum atomic E-state index is 12.8. The molecule has 0 aliphatic carbocycles. The van der Waals surface area contributed by atoms with Crippen molar-refractivity contribution in [2.24, 2.45) is 0 Å². The predicted molar refractivity (Wildman–Crippen MR) is 120 cm³/mol. The Hall–Kier alpha value is -2.29. The number of nitrogens with one attached hydrogen (secondary N) is 2. The lowest BCUT2D eigenvalue weighted by molar-refractivity contribution is -0.119. The Balaban J connectivity index is 1.94. The first-order valence-corrected chi connectivity index (χ1v) is 11.4. The summed E-state index contributed by atoms with van der Waals surface area (Å²) in [5.41, 5.74) is 1.52. The van der Waals surface area contributed by atoms with Crippen molar-refractivity contribution in [1.82, 2.24) is 9.62 Å². The van der Waals surface area contributed by atoms with Crippen molar-refractivity contribution < 1.29 is 13.2 Å². The predicted octanol–water partition coefficient (Wildman–Crippen LogP) is 3.90. The quantitative estimate of drug-likeness (QED) is 0.463. The third-order valence-corrected chi connectivity index (χ3v) is 6.35. The Morgan fingerprint density at radius 1 is 1.03 bits per heavy atom. The summed E-state index contributed by atoms with van der Waals surface area (Å²) >= 11 is 5.14. The van der Waals surface area contributed by atoms with Crippen LogP contribution in [0.2, 0.25) is 0 Å². The highest BCUT2D eigenvalue weighted by Gasteiger charge is 2.20. The molecule has 0 aromatic heterocycles. The molecule has 0 saturated heterocycles. The fourth-order valence-electron chi connectivity index (χ4n) is 2.70. The van der Waals surface area contributed by atoms with E-state index >= 15 is 0 Å². The summed E-state index contributed by atoms with van der Waals surface area (Å²) in [6.45, 7) is 2.37. The van der Waals surface area contributed by atoms with Crippen molar-refractivity contribution in [3.05, 3.63) is 60.2 Å². The van der Waals surface area contributed by atoms with Crippen LogP contribution in [0.25, 0.3) is 0 Å². The molecule has 1 amide bonds. The van der Waals surface area contributed by atoms with E-state index < -0.39 is 10.0 Å². The van der Waals surface area contributed by atoms with Gasteiger partial charge in [-0.05, 0) is 48.5 Å². The Morgan fingerprint density at radius 3 is 2.31 bits per heavy atom. The second-order valence-electron chi connectivity index (χ2n) is 6.73. The number of unbranched alkanes of at least 4 members (excludes halogenated alkanes) is 2. The number of hydrogen-bond acceptors (Lipinski definition) is 4. The Bertz CT molecular complexity index is 914. The van der Waals surface area contributed by atoms with Gasteiger partial charge in [0, 0.05) is 25.7 Å². The van der Waals surface area contributed by atoms with Crippen LogP contribution in [0.1, 0.15) is 38.2 Å². The van der Waals surface area contributed by atoms with E-state index in [2.05, 4.69) is 17.6 Å². The van der Waals surface area contributed by atoms with Gasteiger partial charge >= 0.3 is 0 Å². The average Bonchev–Trinajstić information content (AvgIpc) is 2.69. The van der Waals surface area contributed by atoms with Crippen LogP contribution < -0.4 is 10.6 Å². The number of amides is 1. The van der Waals surface area contributed by atoms with E-state index in [9.17, 15) is 13.2 Å². The van der Waals surface area contributed by atoms with Gasteiger partial charge in [-0.25, -0.2) is 8.42 Å². The molecule has 0 unspecified atom stereocenters. The van der Waals surface area contributed by atoms with E-state index in [1.165, 1.54) is 16.4 Å². The van der Waals surface area contributed by atoms with Gasteiger partial charge in [-0.3, -0.25) is 4.79 Å². The van der Waals surface area contributed by atoms with E-state index in [-0.39, 0.29) is 22.5 Å². The molecule has 0 saturated carbocycles. The zero-order valence-corrected chi connectivity index (χ0v) is 18.4. The fraction of sp³-hybridized carbons (Fsp3) is 0.333. The van der Waals surface area contributed by atoms with Gasteiger partial charge in [0.15, 0.2) is 5.11 Å². The third kappa shape index (κ3) is 7.23. The standard InChI is InChI=1S/C21H27N3O3S2/c1-3-4-6-11-20(25)23-21(28)22-18-12-14-19(15-13-18)29(26,27)24(2)16-17-9-7-5-8-10-17/h5,7-10,12-15H,3-4,6,11,16H2,1-2H3,(H2,22,23,25,28). The molecule has 0 spiro atoms. The highest BCUT2D eigenvalue weighted by molar-refractivity contribution is 7.89. The highest BCUT2D eigenvalue weighted by atomic mass is 32.2. The van der Waals surface area contributed by atoms with Gasteiger partial charge in [-0.15, -0.1) is 0 Å². The summed E-state index contributed by atoms with van der Waals surface area (Å²) in [5, 5.41) is 5.73. The molecule has 29 heavy (non-hydrogen) atoms. The van der Waals surface area contributed by atoms with Crippen molar-refractivity contribution in [2.75, 3.05) is 12.4 Å². The molecule has 2 N–H and O–H groups in total. The van der Waals surface area contributed by atoms with E-state index in [0.29, 0.717) is 12.1 Å². The second kappa shape index (κ2) is 11.0. The van der Waals surface area contributed by atoms with Crippen LogP contribution in [0.3, 0.4) is 0 Å². The topological polar surface area (TPSA) is 78.5 Å². The van der Waals surface area contributed by atoms with Crippen LogP contribution in [0, 0.1) is 0 Å². The molecule has 0 aliphatic heterocycles. The molecule has 0 atom stereocenters. The zero-order chi connectivity index (χ0) is 21.3. The van der Waals surface area contributed by atoms with E-state index in [1.807, 2.05) is 30.3 Å². The normalized spacial score (nSPS) is 11.3. The number of anilines is 1. The SMILES string of the molecule is CCCCCC(=O)NC(=S)Nc1ccc(S(=O)(=O)N(C)Cc2ccccc2)cc1. The fourth-order valence-corrected chi connectivity index (χ4v) is 4.09. The number of benzene rings is 2. The summed E-state index contributed by atoms with van der Waals surface area (Å²) in [7, 11) is -2.06. The van der Waals surface area contributed by atoms with Crippen molar-refractivity contribution in [3.63, 3.8) is 0 Å². The Kier molecular flexibility index (Phi) is 8.75. The van der Waals surface area contributed by atoms with Gasteiger partial charge in [0.2, 0.25) is 15.9 Å². The Labute approximate surface area is 178 Å². The van der Waals surface area contributed by atoms with Crippen molar-refractivity contribution in [3.8, 4) is 0 Å². The smallest absolute Gasteiger partial charge is 0.243 e. The second-order valence-corrected chi connectivity index (χ2v) is 9.18. The molecule has 8 heteroatoms. The number of carbonyl (C=O) groups excluding carboxylic acids is 1. The molecule has 156 valence electrons. The van der Waals surface area contributed by atoms with Gasteiger partial charge in [0.05, 0.1) is 4.90 Å². The lowest BCUT2D eigenvalue weighted by Crippen LogP contribution is -2.33. The number of hydrogen-bond donors (Lipinski definition) is 2. The first-order chi connectivity index (χ1) is 13.8. The maximum Gasteiger partial charge on any atom is 0.243 e. The van der Waals surface area contributed by atoms with E-state index in [0.717, 1.165) is 24.8 Å². The zero-order valence-electron chi connectivity index (χ0n) is 16.7. The molecule has 6 nitrogen and oxygen atoms in total. The van der Waals surface area contributed by atoms with Crippen LogP contribution in [0.4, 0.5) is 5.69 Å². The lowest BCUT2D eigenvalue weighted by Gasteiger charge is -2.17. The van der Waals surface area contributed by atoms with Gasteiger partial charge in [0.25, 0.3) is 0 Å². The number of carbonyl (C=O) groups is 1. The summed E-state index contributed by atoms with van der Waals surface area (Å²) in [6, 6.07) is 15.7. The van der Waals surface area contributed by atoms with Gasteiger partial charge in [-0.1, -0.05) is 50.1 Å². The number of rotatable bonds is 9. The number of nitrogens with zero attached hydrogens (tertiary/aromatic N) is 1. The molecule has 0 radical (unpaired) electrons. The summed E-state index contributed by atoms with van der Waals surface area (Å²) in [5.74, 6) is -0.127. The van der Waals surface area contributed by atoms with Gasteiger partial charge < -0.3 is 10.6 Å². The van der Waals surface area contributed by atoms with Crippen LogP contribution in [0.5, 0.6) is 0 Å².